The van der Waals surface area contributed by atoms with E-state index in [0.29, 0.717) is 12.8 Å². The Labute approximate surface area is 141 Å². The standard InChI is InChI=1S/C16H23NO6S/c1-3-4-5-14(16(19)20)17-15(18)12-6-8-13(9-7-12)24(21,22)11-10-23-2/h6-9,14H,3-5,10-11H2,1-2H3,(H,17,18)(H,19,20)/t14-/m0/s1. The number of ether oxygens (including phenoxy) is 1. The Morgan fingerprint density at radius 1 is 1.25 bits per heavy atom. The molecule has 0 aromatic heterocycles. The lowest BCUT2D eigenvalue weighted by molar-refractivity contribution is -0.139. The van der Waals surface area contributed by atoms with Crippen LogP contribution < -0.4 is 5.32 Å². The van der Waals surface area contributed by atoms with Gasteiger partial charge in [0.05, 0.1) is 17.3 Å². The first-order valence-corrected chi connectivity index (χ1v) is 9.32. The van der Waals surface area contributed by atoms with Gasteiger partial charge >= 0.3 is 5.97 Å². The predicted octanol–water partition coefficient (Wildman–Crippen LogP) is 1.48. The van der Waals surface area contributed by atoms with Crippen molar-refractivity contribution in [1.82, 2.24) is 5.32 Å². The minimum Gasteiger partial charge on any atom is -0.480 e. The van der Waals surface area contributed by atoms with Gasteiger partial charge in [-0.05, 0) is 30.7 Å². The van der Waals surface area contributed by atoms with Crippen molar-refractivity contribution < 1.29 is 27.9 Å². The number of carboxylic acid groups (broad SMARTS) is 1. The summed E-state index contributed by atoms with van der Waals surface area (Å²) in [4.78, 5) is 23.4. The van der Waals surface area contributed by atoms with E-state index in [4.69, 9.17) is 9.84 Å². The van der Waals surface area contributed by atoms with E-state index in [9.17, 15) is 18.0 Å². The lowest BCUT2D eigenvalue weighted by Crippen LogP contribution is -2.40. The Balaban J connectivity index is 2.81. The molecule has 0 heterocycles. The SMILES string of the molecule is CCCC[C@H](NC(=O)c1ccc(S(=O)(=O)CCOC)cc1)C(=O)O. The fourth-order valence-electron chi connectivity index (χ4n) is 2.03. The number of hydrogen-bond acceptors (Lipinski definition) is 5. The minimum atomic E-state index is -3.46. The van der Waals surface area contributed by atoms with Gasteiger partial charge in [-0.1, -0.05) is 19.8 Å². The summed E-state index contributed by atoms with van der Waals surface area (Å²) in [7, 11) is -2.05. The van der Waals surface area contributed by atoms with Crippen molar-refractivity contribution in [2.24, 2.45) is 0 Å². The van der Waals surface area contributed by atoms with Crippen LogP contribution in [0.25, 0.3) is 0 Å². The molecule has 0 saturated carbocycles. The third kappa shape index (κ3) is 5.93. The van der Waals surface area contributed by atoms with Crippen LogP contribution in [0.3, 0.4) is 0 Å². The van der Waals surface area contributed by atoms with Crippen LogP contribution >= 0.6 is 0 Å². The molecule has 134 valence electrons. The van der Waals surface area contributed by atoms with Gasteiger partial charge in [0.2, 0.25) is 0 Å². The molecule has 0 aliphatic heterocycles. The van der Waals surface area contributed by atoms with Gasteiger partial charge in [0.25, 0.3) is 5.91 Å². The van der Waals surface area contributed by atoms with Gasteiger partial charge in [-0.15, -0.1) is 0 Å². The molecule has 0 bridgehead atoms. The van der Waals surface area contributed by atoms with E-state index in [-0.39, 0.29) is 22.8 Å². The highest BCUT2D eigenvalue weighted by Crippen LogP contribution is 2.13. The van der Waals surface area contributed by atoms with Gasteiger partial charge in [0.15, 0.2) is 9.84 Å². The number of benzene rings is 1. The quantitative estimate of drug-likeness (QED) is 0.656. The van der Waals surface area contributed by atoms with Crippen molar-refractivity contribution in [3.63, 3.8) is 0 Å². The molecule has 0 spiro atoms. The highest BCUT2D eigenvalue weighted by Gasteiger charge is 2.20. The van der Waals surface area contributed by atoms with Crippen LogP contribution in [0.2, 0.25) is 0 Å². The molecule has 0 radical (unpaired) electrons. The van der Waals surface area contributed by atoms with Crippen molar-refractivity contribution in [2.45, 2.75) is 37.1 Å². The number of unbranched alkanes of at least 4 members (excludes halogenated alkanes) is 1. The van der Waals surface area contributed by atoms with Gasteiger partial charge in [-0.2, -0.15) is 0 Å². The number of amides is 1. The Hall–Kier alpha value is -1.93. The average Bonchev–Trinajstić information content (AvgIpc) is 2.56. The number of methoxy groups -OCH3 is 1. The molecule has 0 unspecified atom stereocenters. The van der Waals surface area contributed by atoms with Crippen LogP contribution in [-0.2, 0) is 19.4 Å². The fourth-order valence-corrected chi connectivity index (χ4v) is 3.20. The maximum atomic E-state index is 12.1. The molecule has 1 aromatic rings. The number of nitrogens with one attached hydrogen (secondary N) is 1. The molecular formula is C16H23NO6S. The second kappa shape index (κ2) is 9.39. The first-order chi connectivity index (χ1) is 11.3. The monoisotopic (exact) mass is 357 g/mol. The van der Waals surface area contributed by atoms with Gasteiger partial charge < -0.3 is 15.2 Å². The summed E-state index contributed by atoms with van der Waals surface area (Å²) in [5, 5.41) is 11.6. The summed E-state index contributed by atoms with van der Waals surface area (Å²) >= 11 is 0. The summed E-state index contributed by atoms with van der Waals surface area (Å²) in [6.07, 6.45) is 1.86. The summed E-state index contributed by atoms with van der Waals surface area (Å²) in [5.41, 5.74) is 0.212. The van der Waals surface area contributed by atoms with Gasteiger partial charge in [0.1, 0.15) is 6.04 Å². The van der Waals surface area contributed by atoms with Crippen molar-refractivity contribution in [3.8, 4) is 0 Å². The van der Waals surface area contributed by atoms with Crippen molar-refractivity contribution in [3.05, 3.63) is 29.8 Å². The summed E-state index contributed by atoms with van der Waals surface area (Å²) in [6.45, 7) is 2.02. The number of carboxylic acids is 1. The van der Waals surface area contributed by atoms with Crippen molar-refractivity contribution >= 4 is 21.7 Å². The molecule has 1 amide bonds. The molecular weight excluding hydrogens is 334 g/mol. The maximum Gasteiger partial charge on any atom is 0.326 e. The van der Waals surface area contributed by atoms with Crippen molar-refractivity contribution in [2.75, 3.05) is 19.5 Å². The van der Waals surface area contributed by atoms with Gasteiger partial charge in [0, 0.05) is 12.7 Å². The molecule has 1 atom stereocenters. The van der Waals surface area contributed by atoms with Crippen LogP contribution in [0.4, 0.5) is 0 Å². The van der Waals surface area contributed by atoms with Gasteiger partial charge in [-0.25, -0.2) is 13.2 Å². The molecule has 8 heteroatoms. The second-order valence-electron chi connectivity index (χ2n) is 5.34. The van der Waals surface area contributed by atoms with Crippen molar-refractivity contribution in [1.29, 1.82) is 0 Å². The number of carbonyl (C=O) groups is 2. The number of hydrogen-bond donors (Lipinski definition) is 2. The summed E-state index contributed by atoms with van der Waals surface area (Å²) < 4.78 is 28.8. The zero-order chi connectivity index (χ0) is 18.2. The molecule has 0 aliphatic carbocycles. The van der Waals surface area contributed by atoms with E-state index in [2.05, 4.69) is 5.32 Å². The number of sulfone groups is 1. The zero-order valence-electron chi connectivity index (χ0n) is 13.8. The topological polar surface area (TPSA) is 110 Å². The second-order valence-corrected chi connectivity index (χ2v) is 7.45. The lowest BCUT2D eigenvalue weighted by Gasteiger charge is -2.14. The van der Waals surface area contributed by atoms with E-state index >= 15 is 0 Å². The van der Waals surface area contributed by atoms with Gasteiger partial charge in [-0.3, -0.25) is 4.79 Å². The van der Waals surface area contributed by atoms with E-state index < -0.39 is 27.8 Å². The third-order valence-electron chi connectivity index (χ3n) is 3.48. The highest BCUT2D eigenvalue weighted by molar-refractivity contribution is 7.91. The molecule has 1 rings (SSSR count). The van der Waals surface area contributed by atoms with Crippen LogP contribution in [0.1, 0.15) is 36.5 Å². The van der Waals surface area contributed by atoms with E-state index in [0.717, 1.165) is 6.42 Å². The fraction of sp³-hybridized carbons (Fsp3) is 0.500. The zero-order valence-corrected chi connectivity index (χ0v) is 14.6. The minimum absolute atomic E-state index is 0.0856. The Bertz CT molecular complexity index is 654. The van der Waals surface area contributed by atoms with Crippen LogP contribution in [0.15, 0.2) is 29.2 Å². The normalized spacial score (nSPS) is 12.6. The summed E-state index contributed by atoms with van der Waals surface area (Å²) in [5.74, 6) is -1.78. The van der Waals surface area contributed by atoms with E-state index in [1.165, 1.54) is 31.4 Å². The first kappa shape index (κ1) is 20.1. The molecule has 24 heavy (non-hydrogen) atoms. The highest BCUT2D eigenvalue weighted by atomic mass is 32.2. The molecule has 1 aromatic carbocycles. The van der Waals surface area contributed by atoms with Crippen LogP contribution in [-0.4, -0.2) is 50.9 Å². The maximum absolute atomic E-state index is 12.1. The predicted molar refractivity (Wildman–Crippen MR) is 88.8 cm³/mol. The molecule has 7 nitrogen and oxygen atoms in total. The number of rotatable bonds is 10. The van der Waals surface area contributed by atoms with E-state index in [1.807, 2.05) is 6.92 Å². The number of aliphatic carboxylic acids is 1. The average molecular weight is 357 g/mol. The largest absolute Gasteiger partial charge is 0.480 e. The third-order valence-corrected chi connectivity index (χ3v) is 5.18. The first-order valence-electron chi connectivity index (χ1n) is 7.67. The Kier molecular flexibility index (Phi) is 7.87. The van der Waals surface area contributed by atoms with Crippen LogP contribution in [0.5, 0.6) is 0 Å². The Morgan fingerprint density at radius 2 is 1.88 bits per heavy atom. The smallest absolute Gasteiger partial charge is 0.326 e. The lowest BCUT2D eigenvalue weighted by atomic mass is 10.1. The molecule has 0 fully saturated rings. The molecule has 2 N–H and O–H groups in total. The van der Waals surface area contributed by atoms with Crippen LogP contribution in [0, 0.1) is 0 Å². The molecule has 0 saturated heterocycles. The summed E-state index contributed by atoms with van der Waals surface area (Å²) in [6, 6.07) is 4.45. The van der Waals surface area contributed by atoms with E-state index in [1.54, 1.807) is 0 Å². The number of carbonyl (C=O) groups excluding carboxylic acids is 1. The Morgan fingerprint density at radius 3 is 2.38 bits per heavy atom. The molecule has 0 aliphatic rings.